The number of hydrogen-bond acceptors (Lipinski definition) is 4. The number of hydrogen-bond donors (Lipinski definition) is 2. The number of amides is 2. The van der Waals surface area contributed by atoms with Crippen LogP contribution in [0.1, 0.15) is 36.7 Å². The molecule has 1 aliphatic rings. The molecule has 0 atom stereocenters. The van der Waals surface area contributed by atoms with E-state index in [1.54, 1.807) is 0 Å². The van der Waals surface area contributed by atoms with Crippen molar-refractivity contribution in [3.63, 3.8) is 0 Å². The zero-order chi connectivity index (χ0) is 17.6. The van der Waals surface area contributed by atoms with Crippen LogP contribution in [0.4, 0.5) is 16.4 Å². The number of aromatic nitrogens is 2. The summed E-state index contributed by atoms with van der Waals surface area (Å²) in [5.74, 6) is 0.768. The van der Waals surface area contributed by atoms with E-state index >= 15 is 0 Å². The van der Waals surface area contributed by atoms with Crippen LogP contribution in [0.3, 0.4) is 0 Å². The lowest BCUT2D eigenvalue weighted by atomic mass is 10.1. The molecule has 1 fully saturated rings. The van der Waals surface area contributed by atoms with Gasteiger partial charge in [0.25, 0.3) is 0 Å². The minimum Gasteiger partial charge on any atom is -0.341 e. The number of nitrogens with zero attached hydrogens (tertiary/aromatic N) is 3. The first-order valence-corrected chi connectivity index (χ1v) is 8.87. The van der Waals surface area contributed by atoms with Crippen LogP contribution < -0.4 is 15.5 Å². The first-order valence-electron chi connectivity index (χ1n) is 8.87. The predicted molar refractivity (Wildman–Crippen MR) is 99.9 cm³/mol. The maximum absolute atomic E-state index is 12.1. The van der Waals surface area contributed by atoms with Crippen molar-refractivity contribution >= 4 is 17.7 Å². The fourth-order valence-electron chi connectivity index (χ4n) is 2.94. The quantitative estimate of drug-likeness (QED) is 0.877. The second kappa shape index (κ2) is 7.96. The Kier molecular flexibility index (Phi) is 5.48. The Morgan fingerprint density at radius 2 is 1.88 bits per heavy atom. The van der Waals surface area contributed by atoms with Crippen molar-refractivity contribution in [3.8, 4) is 0 Å². The lowest BCUT2D eigenvalue weighted by molar-refractivity contribution is 0.251. The van der Waals surface area contributed by atoms with Gasteiger partial charge in [-0.05, 0) is 49.9 Å². The summed E-state index contributed by atoms with van der Waals surface area (Å²) in [6, 6.07) is 9.55. The molecule has 0 saturated carbocycles. The van der Waals surface area contributed by atoms with Crippen LogP contribution in [0, 0.1) is 6.92 Å². The fourth-order valence-corrected chi connectivity index (χ4v) is 2.94. The molecule has 25 heavy (non-hydrogen) atoms. The van der Waals surface area contributed by atoms with Crippen LogP contribution in [0.5, 0.6) is 0 Å². The van der Waals surface area contributed by atoms with Gasteiger partial charge in [0, 0.05) is 24.5 Å². The third kappa shape index (κ3) is 4.68. The summed E-state index contributed by atoms with van der Waals surface area (Å²) in [5.41, 5.74) is 3.78. The lowest BCUT2D eigenvalue weighted by Gasteiger charge is -2.16. The first kappa shape index (κ1) is 17.2. The van der Waals surface area contributed by atoms with Gasteiger partial charge in [0.1, 0.15) is 0 Å². The molecule has 0 unspecified atom stereocenters. The van der Waals surface area contributed by atoms with Gasteiger partial charge < -0.3 is 15.5 Å². The van der Waals surface area contributed by atoms with Crippen molar-refractivity contribution in [1.29, 1.82) is 0 Å². The second-order valence-corrected chi connectivity index (χ2v) is 6.35. The average molecular weight is 339 g/mol. The number of anilines is 2. The molecule has 0 bridgehead atoms. The van der Waals surface area contributed by atoms with Gasteiger partial charge in [-0.1, -0.05) is 19.1 Å². The second-order valence-electron chi connectivity index (χ2n) is 6.35. The zero-order valence-electron chi connectivity index (χ0n) is 14.9. The lowest BCUT2D eigenvalue weighted by Crippen LogP contribution is -2.29. The molecule has 3 rings (SSSR count). The standard InChI is InChI=1S/C19H25N5O/c1-3-15-6-8-16(9-7-15)23-19(25)20-13-17-12-14(2)21-18(22-17)24-10-4-5-11-24/h6-9,12H,3-5,10-11,13H2,1-2H3,(H2,20,23,25). The third-order valence-corrected chi connectivity index (χ3v) is 4.33. The SMILES string of the molecule is CCc1ccc(NC(=O)NCc2cc(C)nc(N3CCCC3)n2)cc1. The number of rotatable bonds is 5. The van der Waals surface area contributed by atoms with E-state index in [2.05, 4.69) is 32.4 Å². The van der Waals surface area contributed by atoms with Gasteiger partial charge in [0.15, 0.2) is 0 Å². The minimum atomic E-state index is -0.233. The third-order valence-electron chi connectivity index (χ3n) is 4.33. The molecule has 6 nitrogen and oxygen atoms in total. The van der Waals surface area contributed by atoms with E-state index in [1.807, 2.05) is 37.3 Å². The highest BCUT2D eigenvalue weighted by atomic mass is 16.2. The summed E-state index contributed by atoms with van der Waals surface area (Å²) in [4.78, 5) is 23.4. The number of urea groups is 1. The van der Waals surface area contributed by atoms with Crippen molar-refractivity contribution in [3.05, 3.63) is 47.3 Å². The molecule has 2 amide bonds. The van der Waals surface area contributed by atoms with Crippen LogP contribution in [0.2, 0.25) is 0 Å². The number of nitrogens with one attached hydrogen (secondary N) is 2. The van der Waals surface area contributed by atoms with E-state index < -0.39 is 0 Å². The smallest absolute Gasteiger partial charge is 0.319 e. The van der Waals surface area contributed by atoms with Crippen LogP contribution in [-0.4, -0.2) is 29.1 Å². The highest BCUT2D eigenvalue weighted by Gasteiger charge is 2.16. The Balaban J connectivity index is 1.57. The normalized spacial score (nSPS) is 13.8. The van der Waals surface area contributed by atoms with E-state index in [1.165, 1.54) is 18.4 Å². The molecule has 1 aromatic heterocycles. The van der Waals surface area contributed by atoms with E-state index in [9.17, 15) is 4.79 Å². The van der Waals surface area contributed by atoms with Gasteiger partial charge in [0.2, 0.25) is 5.95 Å². The summed E-state index contributed by atoms with van der Waals surface area (Å²) < 4.78 is 0. The van der Waals surface area contributed by atoms with Gasteiger partial charge in [-0.2, -0.15) is 0 Å². The van der Waals surface area contributed by atoms with Crippen molar-refractivity contribution < 1.29 is 4.79 Å². The molecule has 6 heteroatoms. The number of benzene rings is 1. The molecule has 1 aliphatic heterocycles. The van der Waals surface area contributed by atoms with Gasteiger partial charge >= 0.3 is 6.03 Å². The van der Waals surface area contributed by atoms with E-state index in [0.717, 1.165) is 42.5 Å². The molecule has 1 aromatic carbocycles. The van der Waals surface area contributed by atoms with Crippen molar-refractivity contribution in [2.75, 3.05) is 23.3 Å². The van der Waals surface area contributed by atoms with E-state index in [4.69, 9.17) is 0 Å². The van der Waals surface area contributed by atoms with Gasteiger partial charge in [-0.15, -0.1) is 0 Å². The molecule has 1 saturated heterocycles. The van der Waals surface area contributed by atoms with Crippen LogP contribution >= 0.6 is 0 Å². The maximum Gasteiger partial charge on any atom is 0.319 e. The molecule has 2 heterocycles. The highest BCUT2D eigenvalue weighted by Crippen LogP contribution is 2.16. The Labute approximate surface area is 148 Å². The summed E-state index contributed by atoms with van der Waals surface area (Å²) in [6.07, 6.45) is 3.35. The summed E-state index contributed by atoms with van der Waals surface area (Å²) >= 11 is 0. The van der Waals surface area contributed by atoms with Gasteiger partial charge in [0.05, 0.1) is 12.2 Å². The molecule has 132 valence electrons. The summed E-state index contributed by atoms with van der Waals surface area (Å²) in [6.45, 7) is 6.45. The number of carbonyl (C=O) groups is 1. The van der Waals surface area contributed by atoms with E-state index in [-0.39, 0.29) is 6.03 Å². The minimum absolute atomic E-state index is 0.233. The molecule has 0 spiro atoms. The van der Waals surface area contributed by atoms with Gasteiger partial charge in [-0.25, -0.2) is 14.8 Å². The van der Waals surface area contributed by atoms with Crippen LogP contribution in [0.15, 0.2) is 30.3 Å². The Bertz CT molecular complexity index is 723. The average Bonchev–Trinajstić information content (AvgIpc) is 3.15. The number of carbonyl (C=O) groups excluding carboxylic acids is 1. The maximum atomic E-state index is 12.1. The largest absolute Gasteiger partial charge is 0.341 e. The Morgan fingerprint density at radius 3 is 2.56 bits per heavy atom. The summed E-state index contributed by atoms with van der Waals surface area (Å²) in [7, 11) is 0. The zero-order valence-corrected chi connectivity index (χ0v) is 14.9. The van der Waals surface area contributed by atoms with Crippen molar-refractivity contribution in [2.24, 2.45) is 0 Å². The molecule has 2 aromatic rings. The monoisotopic (exact) mass is 339 g/mol. The van der Waals surface area contributed by atoms with Crippen LogP contribution in [-0.2, 0) is 13.0 Å². The first-order chi connectivity index (χ1) is 12.1. The Hall–Kier alpha value is -2.63. The fraction of sp³-hybridized carbons (Fsp3) is 0.421. The molecule has 0 aliphatic carbocycles. The molecular weight excluding hydrogens is 314 g/mol. The number of aryl methyl sites for hydroxylation is 2. The topological polar surface area (TPSA) is 70.2 Å². The predicted octanol–water partition coefficient (Wildman–Crippen LogP) is 3.27. The van der Waals surface area contributed by atoms with E-state index in [0.29, 0.717) is 6.54 Å². The van der Waals surface area contributed by atoms with Crippen molar-refractivity contribution in [1.82, 2.24) is 15.3 Å². The summed E-state index contributed by atoms with van der Waals surface area (Å²) in [5, 5.41) is 5.71. The molecule has 0 radical (unpaired) electrons. The van der Waals surface area contributed by atoms with Gasteiger partial charge in [-0.3, -0.25) is 0 Å². The van der Waals surface area contributed by atoms with Crippen LogP contribution in [0.25, 0.3) is 0 Å². The molecular formula is C19H25N5O. The van der Waals surface area contributed by atoms with Crippen molar-refractivity contribution in [2.45, 2.75) is 39.7 Å². The Morgan fingerprint density at radius 1 is 1.16 bits per heavy atom. The molecule has 2 N–H and O–H groups in total. The highest BCUT2D eigenvalue weighted by molar-refractivity contribution is 5.89.